The zero-order chi connectivity index (χ0) is 14.9. The van der Waals surface area contributed by atoms with Crippen molar-refractivity contribution in [1.29, 1.82) is 0 Å². The molecule has 0 aliphatic rings. The lowest BCUT2D eigenvalue weighted by Crippen LogP contribution is -2.22. The summed E-state index contributed by atoms with van der Waals surface area (Å²) in [5, 5.41) is 0.133. The van der Waals surface area contributed by atoms with Crippen LogP contribution in [0.5, 0.6) is 0 Å². The summed E-state index contributed by atoms with van der Waals surface area (Å²) < 4.78 is 52.8. The first kappa shape index (κ1) is 15.0. The number of alkyl halides is 3. The van der Waals surface area contributed by atoms with E-state index in [1.807, 2.05) is 0 Å². The zero-order valence-corrected chi connectivity index (χ0v) is 11.4. The predicted molar refractivity (Wildman–Crippen MR) is 70.9 cm³/mol. The van der Waals surface area contributed by atoms with Crippen LogP contribution in [0.2, 0.25) is 5.02 Å². The summed E-state index contributed by atoms with van der Waals surface area (Å²) in [4.78, 5) is 4.11. The Morgan fingerprint density at radius 3 is 2.60 bits per heavy atom. The monoisotopic (exact) mass is 305 g/mol. The molecule has 1 aromatic carbocycles. The van der Waals surface area contributed by atoms with Gasteiger partial charge >= 0.3 is 0 Å². The molecule has 0 fully saturated rings. The van der Waals surface area contributed by atoms with Crippen molar-refractivity contribution < 1.29 is 17.6 Å². The van der Waals surface area contributed by atoms with Gasteiger partial charge < -0.3 is 0 Å². The molecule has 2 atom stereocenters. The minimum Gasteiger partial charge on any atom is -0.251 e. The molecule has 0 spiro atoms. The van der Waals surface area contributed by atoms with Crippen LogP contribution in [0, 0.1) is 12.7 Å². The van der Waals surface area contributed by atoms with Gasteiger partial charge in [-0.25, -0.2) is 17.6 Å². The smallest absolute Gasteiger partial charge is 0.160 e. The molecule has 6 heteroatoms. The average Bonchev–Trinajstić information content (AvgIpc) is 2.42. The fourth-order valence-corrected chi connectivity index (χ4v) is 2.29. The fraction of sp³-hybridized carbons (Fsp3) is 0.357. The summed E-state index contributed by atoms with van der Waals surface area (Å²) in [6.45, 7) is 0.161. The molecule has 0 bridgehead atoms. The fourth-order valence-electron chi connectivity index (χ4n) is 2.07. The second kappa shape index (κ2) is 5.95. The van der Waals surface area contributed by atoms with Gasteiger partial charge in [-0.2, -0.15) is 0 Å². The Labute approximate surface area is 118 Å². The molecule has 0 N–H and O–H groups in total. The van der Waals surface area contributed by atoms with Gasteiger partial charge in [-0.3, -0.25) is 4.98 Å². The first-order chi connectivity index (χ1) is 9.45. The Kier molecular flexibility index (Phi) is 4.48. The molecule has 0 aliphatic heterocycles. The van der Waals surface area contributed by atoms with Crippen molar-refractivity contribution in [1.82, 2.24) is 4.98 Å². The highest BCUT2D eigenvalue weighted by atomic mass is 35.5. The summed E-state index contributed by atoms with van der Waals surface area (Å²) in [5.41, 5.74) is 0.822. The summed E-state index contributed by atoms with van der Waals surface area (Å²) in [5.74, 6) is -0.616. The third-order valence-corrected chi connectivity index (χ3v) is 3.60. The standard InChI is InChI=1S/C14H12ClF4N/c1-7-14(15)8(5-10(18)11(19)6-16)13-9(17)3-2-4-12(13)20-7/h2-4,10-11H,5-6H2,1H3. The number of rotatable bonds is 4. The number of aromatic nitrogens is 1. The summed E-state index contributed by atoms with van der Waals surface area (Å²) >= 11 is 6.02. The van der Waals surface area contributed by atoms with Crippen LogP contribution in [0.4, 0.5) is 17.6 Å². The van der Waals surface area contributed by atoms with Gasteiger partial charge in [0.1, 0.15) is 18.7 Å². The van der Waals surface area contributed by atoms with Crippen molar-refractivity contribution in [2.75, 3.05) is 6.67 Å². The summed E-state index contributed by atoms with van der Waals surface area (Å²) in [6.07, 6.45) is -4.83. The minimum absolute atomic E-state index is 0.0526. The zero-order valence-electron chi connectivity index (χ0n) is 10.6. The van der Waals surface area contributed by atoms with Crippen molar-refractivity contribution in [3.63, 3.8) is 0 Å². The minimum atomic E-state index is -2.25. The molecule has 0 radical (unpaired) electrons. The van der Waals surface area contributed by atoms with Gasteiger partial charge in [0, 0.05) is 11.8 Å². The van der Waals surface area contributed by atoms with E-state index in [0.29, 0.717) is 11.2 Å². The molecule has 2 aromatic rings. The molecule has 1 heterocycles. The van der Waals surface area contributed by atoms with Crippen LogP contribution in [0.15, 0.2) is 18.2 Å². The Hall–Kier alpha value is -1.36. The molecule has 2 unspecified atom stereocenters. The number of pyridine rings is 1. The van der Waals surface area contributed by atoms with Gasteiger partial charge in [0.15, 0.2) is 6.17 Å². The number of hydrogen-bond acceptors (Lipinski definition) is 1. The number of fused-ring (bicyclic) bond motifs is 1. The number of aryl methyl sites for hydroxylation is 1. The largest absolute Gasteiger partial charge is 0.251 e. The summed E-state index contributed by atoms with van der Waals surface area (Å²) in [6, 6.07) is 4.21. The van der Waals surface area contributed by atoms with Crippen LogP contribution < -0.4 is 0 Å². The quantitative estimate of drug-likeness (QED) is 0.757. The van der Waals surface area contributed by atoms with Crippen molar-refractivity contribution in [2.45, 2.75) is 25.7 Å². The van der Waals surface area contributed by atoms with E-state index in [4.69, 9.17) is 11.6 Å². The van der Waals surface area contributed by atoms with Gasteiger partial charge in [0.05, 0.1) is 16.2 Å². The van der Waals surface area contributed by atoms with E-state index in [9.17, 15) is 17.6 Å². The Balaban J connectivity index is 2.58. The Morgan fingerprint density at radius 1 is 1.25 bits per heavy atom. The van der Waals surface area contributed by atoms with E-state index in [2.05, 4.69) is 4.98 Å². The molecule has 1 nitrogen and oxygen atoms in total. The maximum absolute atomic E-state index is 13.9. The molecular weight excluding hydrogens is 294 g/mol. The van der Waals surface area contributed by atoms with E-state index < -0.39 is 31.3 Å². The van der Waals surface area contributed by atoms with Gasteiger partial charge in [0.2, 0.25) is 0 Å². The number of nitrogens with zero attached hydrogens (tertiary/aromatic N) is 1. The Bertz CT molecular complexity index is 632. The van der Waals surface area contributed by atoms with Crippen LogP contribution >= 0.6 is 11.6 Å². The van der Waals surface area contributed by atoms with E-state index in [0.717, 1.165) is 0 Å². The molecule has 0 saturated carbocycles. The van der Waals surface area contributed by atoms with E-state index in [1.54, 1.807) is 13.0 Å². The maximum Gasteiger partial charge on any atom is 0.160 e. The first-order valence-corrected chi connectivity index (χ1v) is 6.40. The molecule has 2 rings (SSSR count). The molecule has 0 amide bonds. The number of benzene rings is 1. The lowest BCUT2D eigenvalue weighted by molar-refractivity contribution is 0.137. The lowest BCUT2D eigenvalue weighted by atomic mass is 10.00. The van der Waals surface area contributed by atoms with Crippen LogP contribution in [0.1, 0.15) is 11.3 Å². The Morgan fingerprint density at radius 2 is 1.95 bits per heavy atom. The highest BCUT2D eigenvalue weighted by molar-refractivity contribution is 6.32. The van der Waals surface area contributed by atoms with Crippen molar-refractivity contribution in [3.05, 3.63) is 40.3 Å². The second-order valence-corrected chi connectivity index (χ2v) is 4.89. The van der Waals surface area contributed by atoms with E-state index in [1.165, 1.54) is 12.1 Å². The second-order valence-electron chi connectivity index (χ2n) is 4.51. The molecule has 108 valence electrons. The molecule has 0 aliphatic carbocycles. The van der Waals surface area contributed by atoms with Gasteiger partial charge in [-0.05, 0) is 24.6 Å². The SMILES string of the molecule is Cc1nc2cccc(F)c2c(CC(F)C(F)CF)c1Cl. The molecule has 0 saturated heterocycles. The van der Waals surface area contributed by atoms with Gasteiger partial charge in [-0.1, -0.05) is 17.7 Å². The summed E-state index contributed by atoms with van der Waals surface area (Å²) in [7, 11) is 0. The van der Waals surface area contributed by atoms with Crippen molar-refractivity contribution in [2.24, 2.45) is 0 Å². The maximum atomic E-state index is 13.9. The highest BCUT2D eigenvalue weighted by Crippen LogP contribution is 2.31. The van der Waals surface area contributed by atoms with Crippen LogP contribution in [0.25, 0.3) is 10.9 Å². The van der Waals surface area contributed by atoms with Crippen LogP contribution in [-0.4, -0.2) is 24.0 Å². The third kappa shape index (κ3) is 2.73. The predicted octanol–water partition coefficient (Wildman–Crippen LogP) is 4.52. The number of halogens is 5. The van der Waals surface area contributed by atoms with E-state index in [-0.39, 0.29) is 16.0 Å². The van der Waals surface area contributed by atoms with Crippen LogP contribution in [0.3, 0.4) is 0 Å². The molecular formula is C14H12ClF4N. The molecule has 20 heavy (non-hydrogen) atoms. The normalized spacial score (nSPS) is 14.5. The van der Waals surface area contributed by atoms with E-state index >= 15 is 0 Å². The van der Waals surface area contributed by atoms with Crippen molar-refractivity contribution >= 4 is 22.5 Å². The first-order valence-electron chi connectivity index (χ1n) is 6.03. The molecule has 1 aromatic heterocycles. The highest BCUT2D eigenvalue weighted by Gasteiger charge is 2.24. The topological polar surface area (TPSA) is 12.9 Å². The third-order valence-electron chi connectivity index (χ3n) is 3.10. The van der Waals surface area contributed by atoms with Gasteiger partial charge in [0.25, 0.3) is 0 Å². The average molecular weight is 306 g/mol. The lowest BCUT2D eigenvalue weighted by Gasteiger charge is -2.15. The number of hydrogen-bond donors (Lipinski definition) is 0. The van der Waals surface area contributed by atoms with Gasteiger partial charge in [-0.15, -0.1) is 0 Å². The van der Waals surface area contributed by atoms with Crippen molar-refractivity contribution in [3.8, 4) is 0 Å². The van der Waals surface area contributed by atoms with Crippen LogP contribution in [-0.2, 0) is 6.42 Å².